The number of nitrogens with one attached hydrogen (secondary N) is 1. The largest absolute Gasteiger partial charge is 0.301 e. The molecule has 1 amide bonds. The summed E-state index contributed by atoms with van der Waals surface area (Å²) in [5.74, 6) is 0.451. The zero-order valence-electron chi connectivity index (χ0n) is 9.34. The molecular formula is C12H12N2OS2. The maximum Gasteiger partial charge on any atom is 0.236 e. The number of hydrogen-bond acceptors (Lipinski definition) is 4. The molecule has 2 aromatic rings. The Labute approximate surface area is 108 Å². The third kappa shape index (κ3) is 3.31. The molecule has 0 aliphatic heterocycles. The summed E-state index contributed by atoms with van der Waals surface area (Å²) in [5.41, 5.74) is 1.96. The lowest BCUT2D eigenvalue weighted by molar-refractivity contribution is -0.113. The van der Waals surface area contributed by atoms with Crippen molar-refractivity contribution in [3.63, 3.8) is 0 Å². The molecule has 0 aliphatic rings. The van der Waals surface area contributed by atoms with Gasteiger partial charge < -0.3 is 5.32 Å². The van der Waals surface area contributed by atoms with Crippen molar-refractivity contribution in [2.75, 3.05) is 17.3 Å². The monoisotopic (exact) mass is 264 g/mol. The van der Waals surface area contributed by atoms with Gasteiger partial charge in [-0.1, -0.05) is 30.3 Å². The van der Waals surface area contributed by atoms with E-state index in [0.717, 1.165) is 11.3 Å². The van der Waals surface area contributed by atoms with Gasteiger partial charge in [0, 0.05) is 10.9 Å². The first-order valence-electron chi connectivity index (χ1n) is 5.09. The van der Waals surface area contributed by atoms with Gasteiger partial charge in [0.2, 0.25) is 5.91 Å². The quantitative estimate of drug-likeness (QED) is 0.922. The second kappa shape index (κ2) is 5.84. The highest BCUT2D eigenvalue weighted by Gasteiger charge is 2.06. The zero-order valence-corrected chi connectivity index (χ0v) is 11.0. The van der Waals surface area contributed by atoms with Gasteiger partial charge in [0.1, 0.15) is 0 Å². The Morgan fingerprint density at radius 1 is 1.41 bits per heavy atom. The van der Waals surface area contributed by atoms with Gasteiger partial charge in [-0.25, -0.2) is 4.98 Å². The molecule has 0 aliphatic carbocycles. The summed E-state index contributed by atoms with van der Waals surface area (Å²) >= 11 is 2.94. The average Bonchev–Trinajstić information content (AvgIpc) is 2.79. The minimum Gasteiger partial charge on any atom is -0.301 e. The average molecular weight is 264 g/mol. The topological polar surface area (TPSA) is 42.0 Å². The van der Waals surface area contributed by atoms with Crippen LogP contribution in [0.25, 0.3) is 11.3 Å². The van der Waals surface area contributed by atoms with Crippen LogP contribution in [0.5, 0.6) is 0 Å². The molecule has 1 aromatic carbocycles. The highest BCUT2D eigenvalue weighted by atomic mass is 32.2. The van der Waals surface area contributed by atoms with Crippen LogP contribution in [-0.4, -0.2) is 22.9 Å². The molecule has 0 spiro atoms. The van der Waals surface area contributed by atoms with Crippen LogP contribution >= 0.6 is 23.1 Å². The summed E-state index contributed by atoms with van der Waals surface area (Å²) < 4.78 is 0. The van der Waals surface area contributed by atoms with E-state index in [9.17, 15) is 4.79 Å². The van der Waals surface area contributed by atoms with Gasteiger partial charge in [-0.15, -0.1) is 11.3 Å². The Balaban J connectivity index is 2.09. The number of thioether (sulfide) groups is 1. The number of rotatable bonds is 4. The van der Waals surface area contributed by atoms with Crippen molar-refractivity contribution in [3.8, 4) is 11.3 Å². The molecule has 88 valence electrons. The first-order chi connectivity index (χ1) is 8.29. The van der Waals surface area contributed by atoms with E-state index in [1.807, 2.05) is 42.0 Å². The first kappa shape index (κ1) is 12.1. The van der Waals surface area contributed by atoms with Gasteiger partial charge in [-0.3, -0.25) is 4.79 Å². The number of carbonyl (C=O) groups is 1. The standard InChI is InChI=1S/C12H12N2OS2/c1-16-8-11(15)14-12-13-10(7-17-12)9-5-3-2-4-6-9/h2-7H,8H2,1H3,(H,13,14,15). The number of nitrogens with zero attached hydrogens (tertiary/aromatic N) is 1. The summed E-state index contributed by atoms with van der Waals surface area (Å²) in [7, 11) is 0. The molecule has 1 N–H and O–H groups in total. The number of hydrogen-bond donors (Lipinski definition) is 1. The summed E-state index contributed by atoms with van der Waals surface area (Å²) in [4.78, 5) is 15.8. The maximum absolute atomic E-state index is 11.4. The summed E-state index contributed by atoms with van der Waals surface area (Å²) in [6.45, 7) is 0. The molecule has 0 saturated carbocycles. The van der Waals surface area contributed by atoms with Gasteiger partial charge in [0.05, 0.1) is 11.4 Å². The number of aromatic nitrogens is 1. The molecule has 0 saturated heterocycles. The number of carbonyl (C=O) groups excluding carboxylic acids is 1. The smallest absolute Gasteiger partial charge is 0.236 e. The fourth-order valence-electron chi connectivity index (χ4n) is 1.36. The number of thiazole rings is 1. The van der Waals surface area contributed by atoms with E-state index in [1.165, 1.54) is 23.1 Å². The molecule has 0 radical (unpaired) electrons. The van der Waals surface area contributed by atoms with Gasteiger partial charge >= 0.3 is 0 Å². The van der Waals surface area contributed by atoms with Crippen molar-refractivity contribution >= 4 is 34.1 Å². The van der Waals surface area contributed by atoms with Crippen molar-refractivity contribution in [3.05, 3.63) is 35.7 Å². The van der Waals surface area contributed by atoms with E-state index in [2.05, 4.69) is 10.3 Å². The van der Waals surface area contributed by atoms with Crippen molar-refractivity contribution < 1.29 is 4.79 Å². The van der Waals surface area contributed by atoms with E-state index in [1.54, 1.807) is 0 Å². The molecule has 17 heavy (non-hydrogen) atoms. The molecule has 2 rings (SSSR count). The minimum absolute atomic E-state index is 0.00791. The van der Waals surface area contributed by atoms with Crippen molar-refractivity contribution in [2.24, 2.45) is 0 Å². The lowest BCUT2D eigenvalue weighted by Gasteiger charge is -1.98. The number of benzene rings is 1. The maximum atomic E-state index is 11.4. The van der Waals surface area contributed by atoms with Gasteiger partial charge in [-0.2, -0.15) is 11.8 Å². The molecule has 5 heteroatoms. The van der Waals surface area contributed by atoms with Crippen LogP contribution in [0.3, 0.4) is 0 Å². The van der Waals surface area contributed by atoms with E-state index < -0.39 is 0 Å². The van der Waals surface area contributed by atoms with Gasteiger partial charge in [-0.05, 0) is 6.26 Å². The minimum atomic E-state index is -0.00791. The summed E-state index contributed by atoms with van der Waals surface area (Å²) in [6, 6.07) is 9.92. The number of amides is 1. The van der Waals surface area contributed by atoms with Crippen molar-refractivity contribution in [1.29, 1.82) is 0 Å². The van der Waals surface area contributed by atoms with Crippen LogP contribution in [0.15, 0.2) is 35.7 Å². The van der Waals surface area contributed by atoms with E-state index in [0.29, 0.717) is 10.9 Å². The van der Waals surface area contributed by atoms with E-state index >= 15 is 0 Å². The predicted octanol–water partition coefficient (Wildman–Crippen LogP) is 3.11. The first-order valence-corrected chi connectivity index (χ1v) is 7.36. The summed E-state index contributed by atoms with van der Waals surface area (Å²) in [5, 5.41) is 5.38. The van der Waals surface area contributed by atoms with Crippen molar-refractivity contribution in [2.45, 2.75) is 0 Å². The Kier molecular flexibility index (Phi) is 4.17. The fraction of sp³-hybridized carbons (Fsp3) is 0.167. The molecule has 1 aromatic heterocycles. The molecule has 0 bridgehead atoms. The Bertz CT molecular complexity index is 496. The highest BCUT2D eigenvalue weighted by Crippen LogP contribution is 2.24. The van der Waals surface area contributed by atoms with Crippen LogP contribution < -0.4 is 5.32 Å². The third-order valence-corrected chi connectivity index (χ3v) is 3.40. The lowest BCUT2D eigenvalue weighted by Crippen LogP contribution is -2.13. The predicted molar refractivity (Wildman–Crippen MR) is 74.6 cm³/mol. The van der Waals surface area contributed by atoms with Crippen molar-refractivity contribution in [1.82, 2.24) is 4.98 Å². The van der Waals surface area contributed by atoms with Crippen LogP contribution in [-0.2, 0) is 4.79 Å². The third-order valence-electron chi connectivity index (χ3n) is 2.10. The molecule has 0 atom stereocenters. The molecule has 1 heterocycles. The van der Waals surface area contributed by atoms with Crippen LogP contribution in [0, 0.1) is 0 Å². The molecule has 0 fully saturated rings. The normalized spacial score (nSPS) is 10.2. The Hall–Kier alpha value is -1.33. The van der Waals surface area contributed by atoms with Crippen LogP contribution in [0.1, 0.15) is 0 Å². The fourth-order valence-corrected chi connectivity index (χ4v) is 2.43. The SMILES string of the molecule is CSCC(=O)Nc1nc(-c2ccccc2)cs1. The van der Waals surface area contributed by atoms with E-state index in [4.69, 9.17) is 0 Å². The highest BCUT2D eigenvalue weighted by molar-refractivity contribution is 7.99. The summed E-state index contributed by atoms with van der Waals surface area (Å²) in [6.07, 6.45) is 1.90. The Morgan fingerprint density at radius 2 is 2.18 bits per heavy atom. The van der Waals surface area contributed by atoms with Gasteiger partial charge in [0.15, 0.2) is 5.13 Å². The molecule has 3 nitrogen and oxygen atoms in total. The van der Waals surface area contributed by atoms with Crippen LogP contribution in [0.2, 0.25) is 0 Å². The second-order valence-corrected chi connectivity index (χ2v) is 5.11. The van der Waals surface area contributed by atoms with Gasteiger partial charge in [0.25, 0.3) is 0 Å². The molecule has 0 unspecified atom stereocenters. The molecular weight excluding hydrogens is 252 g/mol. The van der Waals surface area contributed by atoms with E-state index in [-0.39, 0.29) is 5.91 Å². The second-order valence-electron chi connectivity index (χ2n) is 3.39. The number of anilines is 1. The zero-order chi connectivity index (χ0) is 12.1. The lowest BCUT2D eigenvalue weighted by atomic mass is 10.2. The van der Waals surface area contributed by atoms with Crippen LogP contribution in [0.4, 0.5) is 5.13 Å². The Morgan fingerprint density at radius 3 is 2.88 bits per heavy atom.